The van der Waals surface area contributed by atoms with Gasteiger partial charge in [-0.3, -0.25) is 4.79 Å². The Hall–Kier alpha value is -3.15. The summed E-state index contributed by atoms with van der Waals surface area (Å²) in [7, 11) is 1.63. The molecule has 128 valence electrons. The zero-order valence-electron chi connectivity index (χ0n) is 13.9. The van der Waals surface area contributed by atoms with Crippen molar-refractivity contribution >= 4 is 5.91 Å². The van der Waals surface area contributed by atoms with E-state index in [0.717, 1.165) is 16.9 Å². The van der Waals surface area contributed by atoms with E-state index in [2.05, 4.69) is 15.5 Å². The number of rotatable bonds is 7. The van der Waals surface area contributed by atoms with Gasteiger partial charge in [-0.2, -0.15) is 4.98 Å². The highest BCUT2D eigenvalue weighted by atomic mass is 16.5. The molecule has 0 fully saturated rings. The number of methoxy groups -OCH3 is 1. The van der Waals surface area contributed by atoms with E-state index in [4.69, 9.17) is 9.26 Å². The van der Waals surface area contributed by atoms with Crippen LogP contribution in [-0.2, 0) is 17.8 Å². The van der Waals surface area contributed by atoms with Crippen molar-refractivity contribution in [2.45, 2.75) is 19.4 Å². The highest BCUT2D eigenvalue weighted by Crippen LogP contribution is 2.16. The molecule has 0 atom stereocenters. The lowest BCUT2D eigenvalue weighted by molar-refractivity contribution is -0.121. The largest absolute Gasteiger partial charge is 0.497 e. The molecule has 1 amide bonds. The molecule has 0 aliphatic carbocycles. The second-order valence-electron chi connectivity index (χ2n) is 5.51. The molecule has 1 heterocycles. The van der Waals surface area contributed by atoms with Crippen molar-refractivity contribution in [2.24, 2.45) is 0 Å². The molecule has 0 radical (unpaired) electrons. The Bertz CT molecular complexity index is 813. The summed E-state index contributed by atoms with van der Waals surface area (Å²) in [5.74, 6) is 1.65. The number of benzene rings is 2. The molecular formula is C19H19N3O3. The molecule has 1 aromatic heterocycles. The smallest absolute Gasteiger partial charge is 0.257 e. The Labute approximate surface area is 145 Å². The van der Waals surface area contributed by atoms with Gasteiger partial charge >= 0.3 is 0 Å². The number of carbonyl (C=O) groups excluding carboxylic acids is 1. The van der Waals surface area contributed by atoms with Crippen LogP contribution in [0.2, 0.25) is 0 Å². The fourth-order valence-corrected chi connectivity index (χ4v) is 2.34. The first-order valence-corrected chi connectivity index (χ1v) is 8.02. The van der Waals surface area contributed by atoms with Crippen LogP contribution in [0.4, 0.5) is 0 Å². The minimum absolute atomic E-state index is 0.0538. The lowest BCUT2D eigenvalue weighted by atomic mass is 10.1. The molecule has 25 heavy (non-hydrogen) atoms. The van der Waals surface area contributed by atoms with E-state index in [9.17, 15) is 4.79 Å². The van der Waals surface area contributed by atoms with Gasteiger partial charge in [0.15, 0.2) is 5.82 Å². The average molecular weight is 337 g/mol. The Morgan fingerprint density at radius 3 is 2.60 bits per heavy atom. The third-order valence-electron chi connectivity index (χ3n) is 3.73. The fourth-order valence-electron chi connectivity index (χ4n) is 2.34. The second-order valence-corrected chi connectivity index (χ2v) is 5.51. The molecule has 6 nitrogen and oxygen atoms in total. The molecule has 0 saturated heterocycles. The zero-order valence-corrected chi connectivity index (χ0v) is 13.9. The lowest BCUT2D eigenvalue weighted by Gasteiger charge is -2.04. The summed E-state index contributed by atoms with van der Waals surface area (Å²) >= 11 is 0. The van der Waals surface area contributed by atoms with Crippen LogP contribution in [0, 0.1) is 0 Å². The van der Waals surface area contributed by atoms with Crippen LogP contribution in [-0.4, -0.2) is 23.2 Å². The van der Waals surface area contributed by atoms with Gasteiger partial charge in [0.2, 0.25) is 5.91 Å². The number of nitrogens with zero attached hydrogens (tertiary/aromatic N) is 2. The summed E-state index contributed by atoms with van der Waals surface area (Å²) in [4.78, 5) is 16.3. The van der Waals surface area contributed by atoms with Gasteiger partial charge in [0.05, 0.1) is 13.7 Å². The first-order chi connectivity index (χ1) is 12.2. The Balaban J connectivity index is 1.46. The van der Waals surface area contributed by atoms with Crippen molar-refractivity contribution in [3.8, 4) is 17.2 Å². The summed E-state index contributed by atoms with van der Waals surface area (Å²) in [6, 6.07) is 17.2. The maximum absolute atomic E-state index is 12.0. The highest BCUT2D eigenvalue weighted by Gasteiger charge is 2.09. The predicted molar refractivity (Wildman–Crippen MR) is 92.9 cm³/mol. The maximum atomic E-state index is 12.0. The normalized spacial score (nSPS) is 10.4. The first-order valence-electron chi connectivity index (χ1n) is 8.02. The molecule has 0 aliphatic heterocycles. The highest BCUT2D eigenvalue weighted by molar-refractivity contribution is 5.76. The maximum Gasteiger partial charge on any atom is 0.257 e. The predicted octanol–water partition coefficient (Wildman–Crippen LogP) is 2.99. The SMILES string of the molecule is COc1ccc(CCC(=O)NCc2noc(-c3ccccc3)n2)cc1. The van der Waals surface area contributed by atoms with Crippen LogP contribution in [0.25, 0.3) is 11.5 Å². The fraction of sp³-hybridized carbons (Fsp3) is 0.211. The molecule has 0 bridgehead atoms. The average Bonchev–Trinajstić information content (AvgIpc) is 3.15. The Kier molecular flexibility index (Phi) is 5.41. The van der Waals surface area contributed by atoms with Gasteiger partial charge in [-0.15, -0.1) is 0 Å². The van der Waals surface area contributed by atoms with Crippen LogP contribution >= 0.6 is 0 Å². The summed E-state index contributed by atoms with van der Waals surface area (Å²) in [6.07, 6.45) is 1.06. The van der Waals surface area contributed by atoms with E-state index < -0.39 is 0 Å². The van der Waals surface area contributed by atoms with Crippen LogP contribution in [0.3, 0.4) is 0 Å². The number of carbonyl (C=O) groups is 1. The topological polar surface area (TPSA) is 77.2 Å². The van der Waals surface area contributed by atoms with E-state index in [0.29, 0.717) is 24.6 Å². The second kappa shape index (κ2) is 8.10. The number of amides is 1. The molecule has 3 aromatic rings. The molecule has 0 spiro atoms. The summed E-state index contributed by atoms with van der Waals surface area (Å²) in [5, 5.41) is 6.70. The van der Waals surface area contributed by atoms with E-state index >= 15 is 0 Å². The first kappa shape index (κ1) is 16.7. The van der Waals surface area contributed by atoms with Crippen LogP contribution < -0.4 is 10.1 Å². The van der Waals surface area contributed by atoms with Crippen molar-refractivity contribution in [2.75, 3.05) is 7.11 Å². The van der Waals surface area contributed by atoms with Gasteiger partial charge in [-0.05, 0) is 36.2 Å². The number of hydrogen-bond donors (Lipinski definition) is 1. The summed E-state index contributed by atoms with van der Waals surface area (Å²) in [6.45, 7) is 0.248. The monoisotopic (exact) mass is 337 g/mol. The zero-order chi connectivity index (χ0) is 17.5. The van der Waals surface area contributed by atoms with E-state index in [1.165, 1.54) is 0 Å². The van der Waals surface area contributed by atoms with E-state index in [1.807, 2.05) is 54.6 Å². The molecule has 3 rings (SSSR count). The molecule has 2 aromatic carbocycles. The summed E-state index contributed by atoms with van der Waals surface area (Å²) in [5.41, 5.74) is 1.94. The molecule has 0 unspecified atom stereocenters. The van der Waals surface area contributed by atoms with Gasteiger partial charge in [0.1, 0.15) is 5.75 Å². The number of hydrogen-bond acceptors (Lipinski definition) is 5. The molecule has 0 aliphatic rings. The van der Waals surface area contributed by atoms with Crippen molar-refractivity contribution in [1.82, 2.24) is 15.5 Å². The van der Waals surface area contributed by atoms with Crippen LogP contribution in [0.15, 0.2) is 59.1 Å². The molecule has 1 N–H and O–H groups in total. The van der Waals surface area contributed by atoms with Crippen molar-refractivity contribution in [1.29, 1.82) is 0 Å². The third-order valence-corrected chi connectivity index (χ3v) is 3.73. The number of aryl methyl sites for hydroxylation is 1. The third kappa shape index (κ3) is 4.67. The van der Waals surface area contributed by atoms with Gasteiger partial charge in [-0.25, -0.2) is 0 Å². The Morgan fingerprint density at radius 2 is 1.88 bits per heavy atom. The molecular weight excluding hydrogens is 318 g/mol. The minimum Gasteiger partial charge on any atom is -0.497 e. The minimum atomic E-state index is -0.0538. The molecule has 6 heteroatoms. The molecule has 0 saturated carbocycles. The number of nitrogens with one attached hydrogen (secondary N) is 1. The van der Waals surface area contributed by atoms with E-state index in [1.54, 1.807) is 7.11 Å². The van der Waals surface area contributed by atoms with Gasteiger partial charge < -0.3 is 14.6 Å². The standard InChI is InChI=1S/C19H19N3O3/c1-24-16-10-7-14(8-11-16)9-12-18(23)20-13-17-21-19(25-22-17)15-5-3-2-4-6-15/h2-8,10-11H,9,12-13H2,1H3,(H,20,23). The van der Waals surface area contributed by atoms with Crippen molar-refractivity contribution in [3.63, 3.8) is 0 Å². The van der Waals surface area contributed by atoms with Gasteiger partial charge in [0, 0.05) is 12.0 Å². The van der Waals surface area contributed by atoms with Crippen LogP contribution in [0.1, 0.15) is 17.8 Å². The number of ether oxygens (including phenoxy) is 1. The quantitative estimate of drug-likeness (QED) is 0.717. The van der Waals surface area contributed by atoms with Gasteiger partial charge in [-0.1, -0.05) is 35.5 Å². The van der Waals surface area contributed by atoms with Crippen LogP contribution in [0.5, 0.6) is 5.75 Å². The number of aromatic nitrogens is 2. The summed E-state index contributed by atoms with van der Waals surface area (Å²) < 4.78 is 10.3. The van der Waals surface area contributed by atoms with Crippen molar-refractivity contribution in [3.05, 3.63) is 66.0 Å². The van der Waals surface area contributed by atoms with Crippen molar-refractivity contribution < 1.29 is 14.1 Å². The van der Waals surface area contributed by atoms with E-state index in [-0.39, 0.29) is 12.5 Å². The Morgan fingerprint density at radius 1 is 1.12 bits per heavy atom. The van der Waals surface area contributed by atoms with Gasteiger partial charge in [0.25, 0.3) is 5.89 Å². The lowest BCUT2D eigenvalue weighted by Crippen LogP contribution is -2.23.